The van der Waals surface area contributed by atoms with E-state index in [1.807, 2.05) is 0 Å². The van der Waals surface area contributed by atoms with Gasteiger partial charge in [0, 0.05) is 18.2 Å². The van der Waals surface area contributed by atoms with E-state index in [2.05, 4.69) is 30.4 Å². The van der Waals surface area contributed by atoms with Gasteiger partial charge in [0.15, 0.2) is 0 Å². The Morgan fingerprint density at radius 2 is 1.85 bits per heavy atom. The van der Waals surface area contributed by atoms with Crippen LogP contribution >= 0.6 is 0 Å². The molecule has 106 valence electrons. The molecule has 0 fully saturated rings. The smallest absolute Gasteiger partial charge is 0.0655 e. The molecule has 0 saturated carbocycles. The Morgan fingerprint density at radius 1 is 1.00 bits per heavy atom. The molecule has 0 N–H and O–H groups in total. The number of aliphatic imine (C=N–C) groups is 1. The first-order valence-corrected chi connectivity index (χ1v) is 8.53. The summed E-state index contributed by atoms with van der Waals surface area (Å²) in [6, 6.07) is 0. The molecule has 0 aromatic rings. The molecule has 0 aromatic carbocycles. The summed E-state index contributed by atoms with van der Waals surface area (Å²) in [5, 5.41) is 0. The number of rotatable bonds is 1. The van der Waals surface area contributed by atoms with Crippen LogP contribution in [0.3, 0.4) is 0 Å². The molecule has 0 amide bonds. The summed E-state index contributed by atoms with van der Waals surface area (Å²) in [7, 11) is 0. The van der Waals surface area contributed by atoms with Gasteiger partial charge in [-0.15, -0.1) is 0 Å². The molecule has 1 heteroatoms. The molecule has 1 nitrogen and oxygen atoms in total. The van der Waals surface area contributed by atoms with Crippen LogP contribution in [0, 0.1) is 17.3 Å². The highest BCUT2D eigenvalue weighted by molar-refractivity contribution is 5.98. The average molecular weight is 267 g/mol. The molecule has 20 heavy (non-hydrogen) atoms. The highest BCUT2D eigenvalue weighted by Gasteiger charge is 2.46. The molecule has 1 aliphatic heterocycles. The van der Waals surface area contributed by atoms with Crippen molar-refractivity contribution in [1.82, 2.24) is 0 Å². The third-order valence-electron chi connectivity index (χ3n) is 5.69. The highest BCUT2D eigenvalue weighted by Crippen LogP contribution is 2.52. The summed E-state index contributed by atoms with van der Waals surface area (Å²) in [6.07, 6.45) is 23.2. The van der Waals surface area contributed by atoms with Gasteiger partial charge in [-0.2, -0.15) is 0 Å². The van der Waals surface area contributed by atoms with Gasteiger partial charge < -0.3 is 0 Å². The van der Waals surface area contributed by atoms with Crippen molar-refractivity contribution in [3.8, 4) is 0 Å². The summed E-state index contributed by atoms with van der Waals surface area (Å²) in [5.41, 5.74) is 3.23. The molecular weight excluding hydrogens is 242 g/mol. The minimum absolute atomic E-state index is 0.0836. The second-order valence-corrected chi connectivity index (χ2v) is 6.85. The Labute approximate surface area is 122 Å². The van der Waals surface area contributed by atoms with E-state index in [1.165, 1.54) is 57.1 Å². The Balaban J connectivity index is 1.78. The maximum Gasteiger partial charge on any atom is 0.0655 e. The number of allylic oxidation sites excluding steroid dienone is 6. The fourth-order valence-corrected chi connectivity index (χ4v) is 4.64. The van der Waals surface area contributed by atoms with E-state index in [0.717, 1.165) is 12.5 Å². The van der Waals surface area contributed by atoms with Crippen LogP contribution in [0.25, 0.3) is 0 Å². The maximum absolute atomic E-state index is 4.87. The number of hydrogen-bond donors (Lipinski definition) is 0. The molecular formula is C19H25N. The molecule has 1 unspecified atom stereocenters. The quantitative estimate of drug-likeness (QED) is 0.602. The first kappa shape index (κ1) is 12.6. The van der Waals surface area contributed by atoms with Crippen molar-refractivity contribution in [1.29, 1.82) is 0 Å². The van der Waals surface area contributed by atoms with Gasteiger partial charge >= 0.3 is 0 Å². The molecule has 2 bridgehead atoms. The normalized spacial score (nSPS) is 42.2. The van der Waals surface area contributed by atoms with Gasteiger partial charge in [-0.25, -0.2) is 0 Å². The van der Waals surface area contributed by atoms with Crippen molar-refractivity contribution in [3.05, 3.63) is 36.0 Å². The van der Waals surface area contributed by atoms with E-state index >= 15 is 0 Å². The van der Waals surface area contributed by atoms with Crippen molar-refractivity contribution in [3.63, 3.8) is 0 Å². The molecule has 5 aliphatic rings. The predicted octanol–water partition coefficient (Wildman–Crippen LogP) is 4.86. The second kappa shape index (κ2) is 5.02. The SMILES string of the molecule is C1=CC2(C3=NCCC3)C=CC1C1CCCCCC/C=C\12. The van der Waals surface area contributed by atoms with Crippen LogP contribution in [0.2, 0.25) is 0 Å². The van der Waals surface area contributed by atoms with Gasteiger partial charge in [0.05, 0.1) is 5.41 Å². The largest absolute Gasteiger partial charge is 0.293 e. The molecule has 0 radical (unpaired) electrons. The summed E-state index contributed by atoms with van der Waals surface area (Å²) in [6.45, 7) is 1.04. The zero-order valence-electron chi connectivity index (χ0n) is 12.4. The standard InChI is InChI=1S/C19H25N/c1-2-4-7-16-15-10-12-19(13-11-15,17(16)8-5-3-1)18-9-6-14-20-18/h8,10-13,15-16H,1-7,9,14H2/b17-8+. The Morgan fingerprint density at radius 3 is 2.65 bits per heavy atom. The Kier molecular flexibility index (Phi) is 3.17. The minimum Gasteiger partial charge on any atom is -0.293 e. The summed E-state index contributed by atoms with van der Waals surface area (Å²) in [5.74, 6) is 1.41. The van der Waals surface area contributed by atoms with Crippen LogP contribution in [-0.2, 0) is 0 Å². The lowest BCUT2D eigenvalue weighted by Crippen LogP contribution is -2.40. The van der Waals surface area contributed by atoms with Crippen molar-refractivity contribution in [2.75, 3.05) is 6.54 Å². The zero-order chi connectivity index (χ0) is 13.4. The molecule has 1 heterocycles. The van der Waals surface area contributed by atoms with Gasteiger partial charge in [-0.3, -0.25) is 4.99 Å². The lowest BCUT2D eigenvalue weighted by atomic mass is 9.58. The van der Waals surface area contributed by atoms with Gasteiger partial charge in [0.2, 0.25) is 0 Å². The van der Waals surface area contributed by atoms with Crippen LogP contribution in [0.15, 0.2) is 40.9 Å². The van der Waals surface area contributed by atoms with Gasteiger partial charge in [-0.05, 0) is 38.0 Å². The van der Waals surface area contributed by atoms with Gasteiger partial charge in [0.1, 0.15) is 0 Å². The van der Waals surface area contributed by atoms with E-state index in [0.29, 0.717) is 5.92 Å². The minimum atomic E-state index is 0.0836. The monoisotopic (exact) mass is 267 g/mol. The highest BCUT2D eigenvalue weighted by atomic mass is 14.8. The Bertz CT molecular complexity index is 492. The number of hydrogen-bond acceptors (Lipinski definition) is 1. The van der Waals surface area contributed by atoms with E-state index in [-0.39, 0.29) is 5.41 Å². The molecule has 5 rings (SSSR count). The molecule has 0 saturated heterocycles. The van der Waals surface area contributed by atoms with E-state index in [4.69, 9.17) is 4.99 Å². The fraction of sp³-hybridized carbons (Fsp3) is 0.632. The van der Waals surface area contributed by atoms with Crippen LogP contribution in [0.1, 0.15) is 51.4 Å². The lowest BCUT2D eigenvalue weighted by Gasteiger charge is -2.46. The van der Waals surface area contributed by atoms with E-state index in [9.17, 15) is 0 Å². The van der Waals surface area contributed by atoms with Gasteiger partial charge in [0.25, 0.3) is 0 Å². The van der Waals surface area contributed by atoms with Crippen LogP contribution < -0.4 is 0 Å². The van der Waals surface area contributed by atoms with E-state index in [1.54, 1.807) is 5.57 Å². The first-order chi connectivity index (χ1) is 9.90. The van der Waals surface area contributed by atoms with Crippen molar-refractivity contribution < 1.29 is 0 Å². The lowest BCUT2D eigenvalue weighted by molar-refractivity contribution is 0.391. The van der Waals surface area contributed by atoms with Crippen LogP contribution in [0.4, 0.5) is 0 Å². The second-order valence-electron chi connectivity index (χ2n) is 6.85. The third-order valence-corrected chi connectivity index (χ3v) is 5.69. The Hall–Kier alpha value is -1.11. The number of nitrogens with zero attached hydrogens (tertiary/aromatic N) is 1. The molecule has 0 aromatic heterocycles. The zero-order valence-corrected chi connectivity index (χ0v) is 12.4. The summed E-state index contributed by atoms with van der Waals surface area (Å²) < 4.78 is 0. The van der Waals surface area contributed by atoms with Gasteiger partial charge in [-0.1, -0.05) is 55.2 Å². The fourth-order valence-electron chi connectivity index (χ4n) is 4.64. The summed E-state index contributed by atoms with van der Waals surface area (Å²) >= 11 is 0. The van der Waals surface area contributed by atoms with Crippen molar-refractivity contribution >= 4 is 5.71 Å². The van der Waals surface area contributed by atoms with Crippen LogP contribution in [-0.4, -0.2) is 12.3 Å². The first-order valence-electron chi connectivity index (χ1n) is 8.53. The van der Waals surface area contributed by atoms with E-state index < -0.39 is 0 Å². The molecule has 0 spiro atoms. The third kappa shape index (κ3) is 1.86. The maximum atomic E-state index is 4.87. The topological polar surface area (TPSA) is 12.4 Å². The predicted molar refractivity (Wildman–Crippen MR) is 85.0 cm³/mol. The summed E-state index contributed by atoms with van der Waals surface area (Å²) in [4.78, 5) is 4.87. The van der Waals surface area contributed by atoms with Crippen molar-refractivity contribution in [2.45, 2.75) is 51.4 Å². The van der Waals surface area contributed by atoms with Crippen LogP contribution in [0.5, 0.6) is 0 Å². The average Bonchev–Trinajstić information content (AvgIpc) is 3.06. The van der Waals surface area contributed by atoms with Crippen molar-refractivity contribution in [2.24, 2.45) is 22.2 Å². The molecule has 4 aliphatic carbocycles. The molecule has 1 atom stereocenters.